The summed E-state index contributed by atoms with van der Waals surface area (Å²) in [7, 11) is 1.60. The fourth-order valence-electron chi connectivity index (χ4n) is 2.68. The third-order valence-corrected chi connectivity index (χ3v) is 3.93. The van der Waals surface area contributed by atoms with Crippen LogP contribution in [0.25, 0.3) is 6.08 Å². The molecular weight excluding hydrogens is 300 g/mol. The number of hydrogen-bond donors (Lipinski definition) is 0. The first-order valence-corrected chi connectivity index (χ1v) is 7.84. The Hall–Kier alpha value is -2.93. The minimum Gasteiger partial charge on any atom is -0.497 e. The number of para-hydroxylation sites is 1. The zero-order valence-corrected chi connectivity index (χ0v) is 14.4. The highest BCUT2D eigenvalue weighted by Gasteiger charge is 2.19. The van der Waals surface area contributed by atoms with Gasteiger partial charge in [-0.3, -0.25) is 0 Å². The summed E-state index contributed by atoms with van der Waals surface area (Å²) in [5, 5.41) is 9.59. The number of nitriles is 1. The average molecular weight is 322 g/mol. The maximum absolute atomic E-state index is 9.59. The largest absolute Gasteiger partial charge is 0.497 e. The molecule has 1 aromatic heterocycles. The van der Waals surface area contributed by atoms with Crippen LogP contribution in [0, 0.1) is 18.3 Å². The van der Waals surface area contributed by atoms with Crippen molar-refractivity contribution in [3.63, 3.8) is 0 Å². The molecule has 1 aromatic carbocycles. The quantitative estimate of drug-likeness (QED) is 0.559. The standard InChI is InChI=1S/C20H22N2O2/c1-5-16(23-4)12-19-15(3)18(13-21)20(22(19)6-2)14-24-17-10-8-7-9-11-17/h5,7-12H,1,6,14H2,2-4H3/b16-12+. The number of benzene rings is 1. The molecular formula is C20H22N2O2. The number of rotatable bonds is 7. The molecule has 0 saturated carbocycles. The molecule has 0 unspecified atom stereocenters. The predicted molar refractivity (Wildman–Crippen MR) is 95.5 cm³/mol. The third-order valence-electron chi connectivity index (χ3n) is 3.93. The number of nitrogens with zero attached hydrogens (tertiary/aromatic N) is 2. The molecule has 0 aliphatic carbocycles. The van der Waals surface area contributed by atoms with Crippen LogP contribution in [0.1, 0.15) is 29.4 Å². The van der Waals surface area contributed by atoms with Crippen LogP contribution in [0.5, 0.6) is 5.75 Å². The topological polar surface area (TPSA) is 47.2 Å². The zero-order valence-electron chi connectivity index (χ0n) is 14.4. The van der Waals surface area contributed by atoms with Crippen molar-refractivity contribution in [2.24, 2.45) is 0 Å². The minimum absolute atomic E-state index is 0.339. The molecule has 2 rings (SSSR count). The summed E-state index contributed by atoms with van der Waals surface area (Å²) in [6.07, 6.45) is 3.55. The number of allylic oxidation sites excluding steroid dienone is 1. The highest BCUT2D eigenvalue weighted by molar-refractivity contribution is 5.61. The Balaban J connectivity index is 2.45. The molecule has 0 spiro atoms. The Morgan fingerprint density at radius 1 is 1.33 bits per heavy atom. The monoisotopic (exact) mass is 322 g/mol. The van der Waals surface area contributed by atoms with E-state index in [1.54, 1.807) is 13.2 Å². The highest BCUT2D eigenvalue weighted by atomic mass is 16.5. The summed E-state index contributed by atoms with van der Waals surface area (Å²) in [5.41, 5.74) is 3.38. The Morgan fingerprint density at radius 3 is 2.58 bits per heavy atom. The second kappa shape index (κ2) is 8.07. The Bertz CT molecular complexity index is 780. The van der Waals surface area contributed by atoms with Crippen LogP contribution >= 0.6 is 0 Å². The molecule has 0 N–H and O–H groups in total. The van der Waals surface area contributed by atoms with E-state index in [1.165, 1.54) is 0 Å². The molecule has 0 aliphatic rings. The number of methoxy groups -OCH3 is 1. The van der Waals surface area contributed by atoms with Crippen LogP contribution in [-0.4, -0.2) is 11.7 Å². The van der Waals surface area contributed by atoms with Crippen LogP contribution in [0.15, 0.2) is 48.7 Å². The lowest BCUT2D eigenvalue weighted by Gasteiger charge is -2.11. The van der Waals surface area contributed by atoms with Crippen molar-refractivity contribution in [1.29, 1.82) is 5.26 Å². The van der Waals surface area contributed by atoms with E-state index in [9.17, 15) is 5.26 Å². The summed E-state index contributed by atoms with van der Waals surface area (Å²) in [6, 6.07) is 11.9. The molecule has 0 bridgehead atoms. The normalized spacial score (nSPS) is 11.0. The van der Waals surface area contributed by atoms with Crippen molar-refractivity contribution in [3.05, 3.63) is 71.3 Å². The maximum Gasteiger partial charge on any atom is 0.130 e. The van der Waals surface area contributed by atoms with Crippen LogP contribution in [0.4, 0.5) is 0 Å². The maximum atomic E-state index is 9.59. The van der Waals surface area contributed by atoms with Gasteiger partial charge in [-0.15, -0.1) is 0 Å². The molecule has 4 heteroatoms. The Morgan fingerprint density at radius 2 is 2.04 bits per heavy atom. The van der Waals surface area contributed by atoms with Gasteiger partial charge in [0.15, 0.2) is 0 Å². The second-order valence-electron chi connectivity index (χ2n) is 5.24. The highest BCUT2D eigenvalue weighted by Crippen LogP contribution is 2.26. The van der Waals surface area contributed by atoms with Crippen molar-refractivity contribution in [2.75, 3.05) is 7.11 Å². The van der Waals surface area contributed by atoms with Gasteiger partial charge in [-0.2, -0.15) is 5.26 Å². The molecule has 4 nitrogen and oxygen atoms in total. The van der Waals surface area contributed by atoms with Gasteiger partial charge in [-0.25, -0.2) is 0 Å². The van der Waals surface area contributed by atoms with E-state index in [4.69, 9.17) is 9.47 Å². The fraction of sp³-hybridized carbons (Fsp3) is 0.250. The molecule has 1 heterocycles. The summed E-state index contributed by atoms with van der Waals surface area (Å²) >= 11 is 0. The van der Waals surface area contributed by atoms with Crippen LogP contribution in [-0.2, 0) is 17.9 Å². The van der Waals surface area contributed by atoms with Crippen molar-refractivity contribution in [1.82, 2.24) is 4.57 Å². The SMILES string of the molecule is C=C/C(=C\c1c(C)c(C#N)c(COc2ccccc2)n1CC)OC. The average Bonchev–Trinajstić information content (AvgIpc) is 2.88. The third kappa shape index (κ3) is 3.52. The molecule has 0 radical (unpaired) electrons. The summed E-state index contributed by atoms with van der Waals surface area (Å²) in [6.45, 7) is 8.81. The molecule has 0 aliphatic heterocycles. The van der Waals surface area contributed by atoms with Crippen molar-refractivity contribution >= 4 is 6.08 Å². The van der Waals surface area contributed by atoms with E-state index in [1.807, 2.05) is 50.3 Å². The molecule has 0 atom stereocenters. The lowest BCUT2D eigenvalue weighted by atomic mass is 10.1. The number of aromatic nitrogens is 1. The fourth-order valence-corrected chi connectivity index (χ4v) is 2.68. The molecule has 0 amide bonds. The van der Waals surface area contributed by atoms with Crippen molar-refractivity contribution in [3.8, 4) is 11.8 Å². The van der Waals surface area contributed by atoms with Gasteiger partial charge >= 0.3 is 0 Å². The minimum atomic E-state index is 0.339. The van der Waals surface area contributed by atoms with Gasteiger partial charge in [0.05, 0.1) is 18.4 Å². The van der Waals surface area contributed by atoms with Crippen LogP contribution < -0.4 is 4.74 Å². The van der Waals surface area contributed by atoms with E-state index >= 15 is 0 Å². The summed E-state index contributed by atoms with van der Waals surface area (Å²) in [4.78, 5) is 0. The summed E-state index contributed by atoms with van der Waals surface area (Å²) < 4.78 is 13.2. The number of hydrogen-bond acceptors (Lipinski definition) is 3. The van der Waals surface area contributed by atoms with E-state index < -0.39 is 0 Å². The van der Waals surface area contributed by atoms with E-state index in [0.29, 0.717) is 17.9 Å². The Kier molecular flexibility index (Phi) is 5.86. The van der Waals surface area contributed by atoms with E-state index in [2.05, 4.69) is 17.2 Å². The first kappa shape index (κ1) is 17.4. The van der Waals surface area contributed by atoms with Gasteiger partial charge in [0, 0.05) is 18.3 Å². The van der Waals surface area contributed by atoms with Crippen LogP contribution in [0.3, 0.4) is 0 Å². The van der Waals surface area contributed by atoms with Gasteiger partial charge in [0.1, 0.15) is 24.2 Å². The van der Waals surface area contributed by atoms with Gasteiger partial charge in [-0.05, 0) is 37.6 Å². The van der Waals surface area contributed by atoms with E-state index in [0.717, 1.165) is 29.2 Å². The van der Waals surface area contributed by atoms with E-state index in [-0.39, 0.29) is 0 Å². The molecule has 0 fully saturated rings. The van der Waals surface area contributed by atoms with Crippen molar-refractivity contribution in [2.45, 2.75) is 27.0 Å². The Labute approximate surface area is 143 Å². The first-order chi connectivity index (χ1) is 11.7. The lowest BCUT2D eigenvalue weighted by molar-refractivity contribution is 0.294. The van der Waals surface area contributed by atoms with Gasteiger partial charge in [-0.1, -0.05) is 24.8 Å². The van der Waals surface area contributed by atoms with Crippen LogP contribution in [0.2, 0.25) is 0 Å². The molecule has 124 valence electrons. The smallest absolute Gasteiger partial charge is 0.130 e. The van der Waals surface area contributed by atoms with Gasteiger partial charge in [0.2, 0.25) is 0 Å². The molecule has 0 saturated heterocycles. The first-order valence-electron chi connectivity index (χ1n) is 7.84. The summed E-state index contributed by atoms with van der Waals surface area (Å²) in [5.74, 6) is 1.44. The number of ether oxygens (including phenoxy) is 2. The van der Waals surface area contributed by atoms with Crippen molar-refractivity contribution < 1.29 is 9.47 Å². The second-order valence-corrected chi connectivity index (χ2v) is 5.24. The zero-order chi connectivity index (χ0) is 17.5. The lowest BCUT2D eigenvalue weighted by Crippen LogP contribution is -2.07. The molecule has 2 aromatic rings. The predicted octanol–water partition coefficient (Wildman–Crippen LogP) is 4.44. The van der Waals surface area contributed by atoms with Gasteiger partial charge in [0.25, 0.3) is 0 Å². The van der Waals surface area contributed by atoms with Gasteiger partial charge < -0.3 is 14.0 Å². The molecule has 24 heavy (non-hydrogen) atoms.